The summed E-state index contributed by atoms with van der Waals surface area (Å²) in [6, 6.07) is 10.9. The largest absolute Gasteiger partial charge is 0.497 e. The van der Waals surface area contributed by atoms with Gasteiger partial charge in [-0.1, -0.05) is 0 Å². The third-order valence-corrected chi connectivity index (χ3v) is 5.50. The maximum absolute atomic E-state index is 12.9. The van der Waals surface area contributed by atoms with Gasteiger partial charge in [0, 0.05) is 30.2 Å². The van der Waals surface area contributed by atoms with Crippen molar-refractivity contribution < 1.29 is 28.7 Å². The van der Waals surface area contributed by atoms with Crippen LogP contribution in [0.5, 0.6) is 17.2 Å². The van der Waals surface area contributed by atoms with Gasteiger partial charge in [0.15, 0.2) is 11.7 Å². The van der Waals surface area contributed by atoms with Crippen molar-refractivity contribution in [3.05, 3.63) is 58.0 Å². The molecule has 34 heavy (non-hydrogen) atoms. The van der Waals surface area contributed by atoms with Gasteiger partial charge in [-0.2, -0.15) is 0 Å². The van der Waals surface area contributed by atoms with Crippen molar-refractivity contribution in [2.75, 3.05) is 46.0 Å². The molecule has 12 heteroatoms. The minimum atomic E-state index is -0.501. The molecular weight excluding hydrogens is 486 g/mol. The summed E-state index contributed by atoms with van der Waals surface area (Å²) in [7, 11) is 4.70. The standard InChI is InChI=1S/C22H23N3O7S.ClH/c1-29-11-10-24(21(26)13-32-16-6-4-15(5-7-16)25(27)28)22-23-19(14-33-22)18-12-17(30-2)8-9-20(18)31-3;/h4-9,12,14H,10-11,13H2,1-3H3;1H. The monoisotopic (exact) mass is 509 g/mol. The summed E-state index contributed by atoms with van der Waals surface area (Å²) in [5.41, 5.74) is 1.32. The van der Waals surface area contributed by atoms with Crippen LogP contribution in [0.3, 0.4) is 0 Å². The van der Waals surface area contributed by atoms with Crippen LogP contribution in [0.15, 0.2) is 47.8 Å². The third kappa shape index (κ3) is 6.56. The zero-order chi connectivity index (χ0) is 23.8. The first-order chi connectivity index (χ1) is 16.0. The van der Waals surface area contributed by atoms with Gasteiger partial charge < -0.3 is 18.9 Å². The van der Waals surface area contributed by atoms with Crippen molar-refractivity contribution in [2.45, 2.75) is 0 Å². The number of hydrogen-bond acceptors (Lipinski definition) is 9. The van der Waals surface area contributed by atoms with E-state index in [0.29, 0.717) is 34.7 Å². The second-order valence-electron chi connectivity index (χ2n) is 6.66. The zero-order valence-electron chi connectivity index (χ0n) is 18.8. The van der Waals surface area contributed by atoms with E-state index in [1.807, 2.05) is 11.4 Å². The van der Waals surface area contributed by atoms with Crippen LogP contribution in [0.4, 0.5) is 10.8 Å². The Labute approximate surface area is 206 Å². The third-order valence-electron chi connectivity index (χ3n) is 4.64. The fourth-order valence-corrected chi connectivity index (χ4v) is 3.79. The summed E-state index contributed by atoms with van der Waals surface area (Å²) < 4.78 is 21.4. The predicted molar refractivity (Wildman–Crippen MR) is 131 cm³/mol. The summed E-state index contributed by atoms with van der Waals surface area (Å²) >= 11 is 1.30. The van der Waals surface area contributed by atoms with E-state index in [0.717, 1.165) is 5.56 Å². The molecule has 0 spiro atoms. The number of carbonyl (C=O) groups is 1. The topological polar surface area (TPSA) is 113 Å². The Bertz CT molecular complexity index is 1110. The van der Waals surface area contributed by atoms with Gasteiger partial charge in [0.1, 0.15) is 17.2 Å². The number of nitro benzene ring substituents is 1. The minimum absolute atomic E-state index is 0. The average molecular weight is 510 g/mol. The molecule has 0 bridgehead atoms. The zero-order valence-corrected chi connectivity index (χ0v) is 20.4. The lowest BCUT2D eigenvalue weighted by Gasteiger charge is -2.19. The fraction of sp³-hybridized carbons (Fsp3) is 0.273. The summed E-state index contributed by atoms with van der Waals surface area (Å²) in [4.78, 5) is 29.3. The highest BCUT2D eigenvalue weighted by atomic mass is 35.5. The molecule has 2 aromatic carbocycles. The van der Waals surface area contributed by atoms with Gasteiger partial charge in [0.25, 0.3) is 11.6 Å². The van der Waals surface area contributed by atoms with Crippen LogP contribution in [-0.2, 0) is 9.53 Å². The van der Waals surface area contributed by atoms with Gasteiger partial charge in [0.2, 0.25) is 0 Å². The molecule has 0 aliphatic rings. The molecule has 3 aromatic rings. The van der Waals surface area contributed by atoms with Crippen LogP contribution >= 0.6 is 23.7 Å². The molecule has 0 fully saturated rings. The van der Waals surface area contributed by atoms with E-state index in [2.05, 4.69) is 4.98 Å². The number of rotatable bonds is 11. The first kappa shape index (κ1) is 26.8. The van der Waals surface area contributed by atoms with Gasteiger partial charge in [0.05, 0.1) is 38.0 Å². The number of halogens is 1. The van der Waals surface area contributed by atoms with Crippen LogP contribution in [0.1, 0.15) is 0 Å². The number of amides is 1. The fourth-order valence-electron chi connectivity index (χ4n) is 2.92. The van der Waals surface area contributed by atoms with E-state index in [9.17, 15) is 14.9 Å². The highest BCUT2D eigenvalue weighted by molar-refractivity contribution is 7.14. The van der Waals surface area contributed by atoms with Gasteiger partial charge in [-0.15, -0.1) is 23.7 Å². The van der Waals surface area contributed by atoms with Crippen LogP contribution in [0, 0.1) is 10.1 Å². The Balaban J connectivity index is 0.00000408. The molecule has 1 aromatic heterocycles. The second kappa shape index (κ2) is 12.7. The number of ether oxygens (including phenoxy) is 4. The summed E-state index contributed by atoms with van der Waals surface area (Å²) in [5, 5.41) is 13.1. The van der Waals surface area contributed by atoms with Gasteiger partial charge in [-0.3, -0.25) is 19.8 Å². The Kier molecular flexibility index (Phi) is 10.0. The minimum Gasteiger partial charge on any atom is -0.497 e. The molecular formula is C22H24ClN3O7S. The van der Waals surface area contributed by atoms with Crippen molar-refractivity contribution in [1.29, 1.82) is 0 Å². The molecule has 10 nitrogen and oxygen atoms in total. The van der Waals surface area contributed by atoms with Crippen molar-refractivity contribution in [1.82, 2.24) is 4.98 Å². The number of hydrogen-bond donors (Lipinski definition) is 0. The molecule has 0 saturated heterocycles. The van der Waals surface area contributed by atoms with E-state index >= 15 is 0 Å². The van der Waals surface area contributed by atoms with E-state index in [4.69, 9.17) is 18.9 Å². The maximum atomic E-state index is 12.9. The Morgan fingerprint density at radius 1 is 1.09 bits per heavy atom. The number of methoxy groups -OCH3 is 3. The Morgan fingerprint density at radius 2 is 1.79 bits per heavy atom. The number of nitro groups is 1. The van der Waals surface area contributed by atoms with Crippen LogP contribution < -0.4 is 19.1 Å². The van der Waals surface area contributed by atoms with Gasteiger partial charge in [-0.05, 0) is 30.3 Å². The smallest absolute Gasteiger partial charge is 0.269 e. The molecule has 0 radical (unpaired) electrons. The summed E-state index contributed by atoms with van der Waals surface area (Å²) in [5.74, 6) is 1.30. The lowest BCUT2D eigenvalue weighted by Crippen LogP contribution is -2.37. The van der Waals surface area contributed by atoms with Crippen molar-refractivity contribution in [2.24, 2.45) is 0 Å². The van der Waals surface area contributed by atoms with E-state index in [1.54, 1.807) is 33.5 Å². The highest BCUT2D eigenvalue weighted by Crippen LogP contribution is 2.36. The molecule has 1 amide bonds. The molecule has 1 heterocycles. The molecule has 0 aliphatic heterocycles. The van der Waals surface area contributed by atoms with Gasteiger partial charge >= 0.3 is 0 Å². The molecule has 0 N–H and O–H groups in total. The van der Waals surface area contributed by atoms with E-state index < -0.39 is 4.92 Å². The number of carbonyl (C=O) groups excluding carboxylic acids is 1. The summed E-state index contributed by atoms with van der Waals surface area (Å²) in [6.45, 7) is 0.320. The quantitative estimate of drug-likeness (QED) is 0.279. The lowest BCUT2D eigenvalue weighted by molar-refractivity contribution is -0.384. The molecule has 0 unspecified atom stereocenters. The number of aromatic nitrogens is 1. The highest BCUT2D eigenvalue weighted by Gasteiger charge is 2.21. The second-order valence-corrected chi connectivity index (χ2v) is 7.50. The molecule has 0 atom stereocenters. The molecule has 182 valence electrons. The number of non-ortho nitro benzene ring substituents is 1. The van der Waals surface area contributed by atoms with Crippen LogP contribution in [0.25, 0.3) is 11.3 Å². The Morgan fingerprint density at radius 3 is 2.41 bits per heavy atom. The number of thiazole rings is 1. The normalized spacial score (nSPS) is 10.2. The number of anilines is 1. The molecule has 0 saturated carbocycles. The number of benzene rings is 2. The van der Waals surface area contributed by atoms with Gasteiger partial charge in [-0.25, -0.2) is 4.98 Å². The molecule has 3 rings (SSSR count). The van der Waals surface area contributed by atoms with Crippen LogP contribution in [0.2, 0.25) is 0 Å². The van der Waals surface area contributed by atoms with Crippen LogP contribution in [-0.4, -0.2) is 56.9 Å². The van der Waals surface area contributed by atoms with Crippen molar-refractivity contribution >= 4 is 40.5 Å². The van der Waals surface area contributed by atoms with Crippen molar-refractivity contribution in [3.63, 3.8) is 0 Å². The lowest BCUT2D eigenvalue weighted by atomic mass is 10.1. The molecule has 0 aliphatic carbocycles. The van der Waals surface area contributed by atoms with E-state index in [-0.39, 0.29) is 37.2 Å². The maximum Gasteiger partial charge on any atom is 0.269 e. The van der Waals surface area contributed by atoms with Crippen molar-refractivity contribution in [3.8, 4) is 28.5 Å². The number of nitrogens with zero attached hydrogens (tertiary/aromatic N) is 3. The SMILES string of the molecule is COCCN(C(=O)COc1ccc([N+](=O)[O-])cc1)c1nc(-c2cc(OC)ccc2OC)cs1.Cl. The average Bonchev–Trinajstić information content (AvgIpc) is 3.32. The van der Waals surface area contributed by atoms with E-state index in [1.165, 1.54) is 40.5 Å². The Hall–Kier alpha value is -3.41. The first-order valence-electron chi connectivity index (χ1n) is 9.81. The predicted octanol–water partition coefficient (Wildman–Crippen LogP) is 4.22. The first-order valence-corrected chi connectivity index (χ1v) is 10.7. The summed E-state index contributed by atoms with van der Waals surface area (Å²) in [6.07, 6.45) is 0.